The number of benzene rings is 2. The third-order valence-corrected chi connectivity index (χ3v) is 5.99. The predicted molar refractivity (Wildman–Crippen MR) is 140 cm³/mol. The highest BCUT2D eigenvalue weighted by Crippen LogP contribution is 2.27. The molecule has 0 bridgehead atoms. The summed E-state index contributed by atoms with van der Waals surface area (Å²) in [6.07, 6.45) is 2.41. The van der Waals surface area contributed by atoms with Gasteiger partial charge in [0.1, 0.15) is 11.9 Å². The number of ether oxygens (including phenoxy) is 1. The van der Waals surface area contributed by atoms with Gasteiger partial charge >= 0.3 is 5.97 Å². The molecule has 2 aromatic rings. The van der Waals surface area contributed by atoms with Crippen molar-refractivity contribution in [1.29, 1.82) is 0 Å². The molecule has 0 aliphatic carbocycles. The Morgan fingerprint density at radius 2 is 1.68 bits per heavy atom. The number of nitrogens with one attached hydrogen (secondary N) is 2. The molecule has 0 spiro atoms. The summed E-state index contributed by atoms with van der Waals surface area (Å²) in [6, 6.07) is 10.2. The van der Waals surface area contributed by atoms with Gasteiger partial charge in [-0.05, 0) is 74.1 Å². The molecule has 1 aliphatic heterocycles. The monoisotopic (exact) mass is 528 g/mol. The van der Waals surface area contributed by atoms with Crippen LogP contribution in [0.1, 0.15) is 56.3 Å². The molecule has 0 radical (unpaired) electrons. The maximum atomic E-state index is 13.4. The van der Waals surface area contributed by atoms with E-state index in [-0.39, 0.29) is 30.5 Å². The number of nitrogens with zero attached hydrogens (tertiary/aromatic N) is 2. The summed E-state index contributed by atoms with van der Waals surface area (Å²) in [5.41, 5.74) is 3.72. The third kappa shape index (κ3) is 7.10. The lowest BCUT2D eigenvalue weighted by atomic mass is 10.1. The summed E-state index contributed by atoms with van der Waals surface area (Å²) in [5.74, 6) is -2.31. The minimum atomic E-state index is -1.10. The Bertz CT molecular complexity index is 1160. The van der Waals surface area contributed by atoms with E-state index in [2.05, 4.69) is 10.7 Å². The third-order valence-electron chi connectivity index (χ3n) is 5.61. The first kappa shape index (κ1) is 27.7. The molecule has 1 heterocycles. The minimum absolute atomic E-state index is 0.00249. The van der Waals surface area contributed by atoms with E-state index in [1.807, 2.05) is 6.92 Å². The fourth-order valence-corrected chi connectivity index (χ4v) is 4.11. The Morgan fingerprint density at radius 1 is 1.00 bits per heavy atom. The topological polar surface area (TPSA) is 108 Å². The first-order chi connectivity index (χ1) is 17.7. The first-order valence-corrected chi connectivity index (χ1v) is 12.4. The van der Waals surface area contributed by atoms with Crippen LogP contribution in [0.5, 0.6) is 0 Å². The van der Waals surface area contributed by atoms with Gasteiger partial charge in [0.2, 0.25) is 16.9 Å². The fourth-order valence-electron chi connectivity index (χ4n) is 3.74. The molecule has 1 atom stereocenters. The second-order valence-electron chi connectivity index (χ2n) is 8.36. The molecule has 3 rings (SSSR count). The van der Waals surface area contributed by atoms with Gasteiger partial charge in [-0.15, -0.1) is 0 Å². The average molecular weight is 529 g/mol. The van der Waals surface area contributed by atoms with Gasteiger partial charge in [0, 0.05) is 12.1 Å². The highest BCUT2D eigenvalue weighted by molar-refractivity contribution is 7.80. The largest absolute Gasteiger partial charge is 0.462 e. The van der Waals surface area contributed by atoms with Crippen LogP contribution in [0.25, 0.3) is 0 Å². The maximum Gasteiger partial charge on any atom is 0.338 e. The number of anilines is 2. The summed E-state index contributed by atoms with van der Waals surface area (Å²) >= 11 is 5.53. The van der Waals surface area contributed by atoms with Crippen molar-refractivity contribution in [2.75, 3.05) is 16.8 Å². The number of thiocarbonyl (C=S) groups is 1. The van der Waals surface area contributed by atoms with Gasteiger partial charge in [-0.3, -0.25) is 24.7 Å². The molecule has 37 heavy (non-hydrogen) atoms. The number of amides is 3. The molecule has 1 unspecified atom stereocenters. The van der Waals surface area contributed by atoms with Gasteiger partial charge < -0.3 is 10.1 Å². The molecular formula is C26H29FN4O5S. The zero-order chi connectivity index (χ0) is 26.9. The average Bonchev–Trinajstić information content (AvgIpc) is 3.09. The molecule has 3 amide bonds. The second kappa shape index (κ2) is 12.9. The second-order valence-corrected chi connectivity index (χ2v) is 8.73. The molecule has 9 nitrogen and oxygen atoms in total. The van der Waals surface area contributed by atoms with Gasteiger partial charge in [0.25, 0.3) is 5.91 Å². The SMILES string of the molecule is CCCCCC(=O)NN1C(=S)N(c2ccc(C(=O)OCC)cc2)C(=O)C1CC(=O)Nc1ccc(F)cc1. The fraction of sp³-hybridized carbons (Fsp3) is 0.346. The van der Waals surface area contributed by atoms with Crippen molar-refractivity contribution < 1.29 is 28.3 Å². The lowest BCUT2D eigenvalue weighted by Gasteiger charge is -2.24. The Kier molecular flexibility index (Phi) is 9.67. The highest BCUT2D eigenvalue weighted by atomic mass is 32.1. The Labute approximate surface area is 219 Å². The minimum Gasteiger partial charge on any atom is -0.462 e. The van der Waals surface area contributed by atoms with E-state index < -0.39 is 29.6 Å². The van der Waals surface area contributed by atoms with Crippen LogP contribution in [0.15, 0.2) is 48.5 Å². The van der Waals surface area contributed by atoms with Crippen molar-refractivity contribution in [1.82, 2.24) is 10.4 Å². The molecule has 0 saturated carbocycles. The van der Waals surface area contributed by atoms with Crippen LogP contribution in [0.2, 0.25) is 0 Å². The van der Waals surface area contributed by atoms with Crippen LogP contribution in [0, 0.1) is 5.82 Å². The molecule has 196 valence electrons. The molecule has 2 N–H and O–H groups in total. The lowest BCUT2D eigenvalue weighted by Crippen LogP contribution is -2.49. The van der Waals surface area contributed by atoms with E-state index in [0.717, 1.165) is 12.8 Å². The van der Waals surface area contributed by atoms with Crippen molar-refractivity contribution in [3.8, 4) is 0 Å². The van der Waals surface area contributed by atoms with Crippen molar-refractivity contribution >= 4 is 52.4 Å². The standard InChI is InChI=1S/C26H29FN4O5S/c1-3-5-6-7-22(32)29-31-21(16-23(33)28-19-12-10-18(27)11-13-19)24(34)30(26(31)37)20-14-8-17(9-15-20)25(35)36-4-2/h8-15,21H,3-7,16H2,1-2H3,(H,28,33)(H,29,32). The number of halogens is 1. The molecule has 2 aromatic carbocycles. The van der Waals surface area contributed by atoms with Crippen LogP contribution in [-0.2, 0) is 19.1 Å². The number of carbonyl (C=O) groups is 4. The van der Waals surface area contributed by atoms with Crippen LogP contribution >= 0.6 is 12.2 Å². The summed E-state index contributed by atoms with van der Waals surface area (Å²) in [6.45, 7) is 3.95. The zero-order valence-electron chi connectivity index (χ0n) is 20.7. The summed E-state index contributed by atoms with van der Waals surface area (Å²) < 4.78 is 18.2. The van der Waals surface area contributed by atoms with Crippen LogP contribution in [0.3, 0.4) is 0 Å². The van der Waals surface area contributed by atoms with Gasteiger partial charge in [0.15, 0.2) is 0 Å². The number of hydrogen-bond acceptors (Lipinski definition) is 6. The van der Waals surface area contributed by atoms with Crippen molar-refractivity contribution in [3.05, 3.63) is 59.9 Å². The molecule has 0 aromatic heterocycles. The van der Waals surface area contributed by atoms with E-state index in [1.54, 1.807) is 19.1 Å². The van der Waals surface area contributed by atoms with Crippen molar-refractivity contribution in [3.63, 3.8) is 0 Å². The molecule has 1 aliphatic rings. The summed E-state index contributed by atoms with van der Waals surface area (Å²) in [5, 5.41) is 3.85. The quantitative estimate of drug-likeness (QED) is 0.258. The van der Waals surface area contributed by atoms with Gasteiger partial charge in [-0.25, -0.2) is 14.2 Å². The summed E-state index contributed by atoms with van der Waals surface area (Å²) in [4.78, 5) is 52.0. The Balaban J connectivity index is 1.81. The van der Waals surface area contributed by atoms with Crippen LogP contribution < -0.4 is 15.6 Å². The van der Waals surface area contributed by atoms with Crippen molar-refractivity contribution in [2.45, 2.75) is 52.0 Å². The zero-order valence-corrected chi connectivity index (χ0v) is 21.5. The van der Waals surface area contributed by atoms with Gasteiger partial charge in [-0.1, -0.05) is 19.8 Å². The van der Waals surface area contributed by atoms with Crippen LogP contribution in [-0.4, -0.2) is 46.5 Å². The van der Waals surface area contributed by atoms with Gasteiger partial charge in [-0.2, -0.15) is 0 Å². The van der Waals surface area contributed by atoms with E-state index in [9.17, 15) is 23.6 Å². The number of hydrogen-bond donors (Lipinski definition) is 2. The Hall–Kier alpha value is -3.86. The number of carbonyl (C=O) groups excluding carboxylic acids is 4. The van der Waals surface area contributed by atoms with E-state index in [4.69, 9.17) is 17.0 Å². The van der Waals surface area contributed by atoms with E-state index >= 15 is 0 Å². The number of unbranched alkanes of at least 4 members (excludes halogenated alkanes) is 2. The predicted octanol–water partition coefficient (Wildman–Crippen LogP) is 3.94. The molecule has 11 heteroatoms. The van der Waals surface area contributed by atoms with E-state index in [1.165, 1.54) is 46.3 Å². The Morgan fingerprint density at radius 3 is 2.30 bits per heavy atom. The maximum absolute atomic E-state index is 13.4. The number of hydrazine groups is 1. The smallest absolute Gasteiger partial charge is 0.338 e. The normalized spacial score (nSPS) is 15.1. The number of rotatable bonds is 11. The molecular weight excluding hydrogens is 499 g/mol. The van der Waals surface area contributed by atoms with Crippen molar-refractivity contribution in [2.24, 2.45) is 0 Å². The summed E-state index contributed by atoms with van der Waals surface area (Å²) in [7, 11) is 0. The number of esters is 1. The van der Waals surface area contributed by atoms with E-state index in [0.29, 0.717) is 23.4 Å². The molecule has 1 saturated heterocycles. The van der Waals surface area contributed by atoms with Gasteiger partial charge in [0.05, 0.1) is 24.3 Å². The molecule has 1 fully saturated rings. The first-order valence-electron chi connectivity index (χ1n) is 12.0. The van der Waals surface area contributed by atoms with Crippen LogP contribution in [0.4, 0.5) is 15.8 Å². The highest BCUT2D eigenvalue weighted by Gasteiger charge is 2.45. The lowest BCUT2D eigenvalue weighted by molar-refractivity contribution is -0.129.